The molecule has 1 aliphatic carbocycles. The summed E-state index contributed by atoms with van der Waals surface area (Å²) in [6, 6.07) is 14.3. The molecule has 1 aromatic heterocycles. The third-order valence-corrected chi connectivity index (χ3v) is 10.7. The van der Waals surface area contributed by atoms with Crippen LogP contribution in [0.2, 0.25) is 0 Å². The number of ether oxygens (including phenoxy) is 1. The van der Waals surface area contributed by atoms with Gasteiger partial charge in [0.1, 0.15) is 11.7 Å². The maximum Gasteiger partial charge on any atom is 0.331 e. The van der Waals surface area contributed by atoms with Gasteiger partial charge >= 0.3 is 5.97 Å². The number of aliphatic imine (C=N–C) groups is 1. The maximum absolute atomic E-state index is 14.6. The summed E-state index contributed by atoms with van der Waals surface area (Å²) in [5.74, 6) is 1.33. The van der Waals surface area contributed by atoms with Crippen molar-refractivity contribution in [2.24, 2.45) is 33.6 Å². The van der Waals surface area contributed by atoms with Crippen molar-refractivity contribution in [3.8, 4) is 11.4 Å². The van der Waals surface area contributed by atoms with Crippen LogP contribution in [0.1, 0.15) is 106 Å². The monoisotopic (exact) mass is 676 g/mol. The van der Waals surface area contributed by atoms with Crippen molar-refractivity contribution in [3.63, 3.8) is 0 Å². The number of esters is 1. The largest absolute Gasteiger partial charge is 0.459 e. The predicted octanol–water partition coefficient (Wildman–Crippen LogP) is 9.90. The fourth-order valence-corrected chi connectivity index (χ4v) is 7.43. The number of carbonyl (C=O) groups is 1. The average molecular weight is 677 g/mol. The number of rotatable bonds is 6. The second-order valence-electron chi connectivity index (χ2n) is 17.6. The van der Waals surface area contributed by atoms with Crippen LogP contribution >= 0.6 is 0 Å². The lowest BCUT2D eigenvalue weighted by molar-refractivity contribution is -0.162. The number of aryl methyl sites for hydroxylation is 1. The van der Waals surface area contributed by atoms with Crippen LogP contribution in [0.5, 0.6) is 0 Å². The van der Waals surface area contributed by atoms with Crippen LogP contribution < -0.4 is 4.90 Å². The lowest BCUT2D eigenvalue weighted by Gasteiger charge is -2.50. The summed E-state index contributed by atoms with van der Waals surface area (Å²) in [5.41, 5.74) is 4.83. The van der Waals surface area contributed by atoms with Gasteiger partial charge in [-0.3, -0.25) is 0 Å². The molecule has 2 atom stereocenters. The zero-order valence-corrected chi connectivity index (χ0v) is 32.5. The van der Waals surface area contributed by atoms with E-state index in [1.54, 1.807) is 4.68 Å². The lowest BCUT2D eigenvalue weighted by Crippen LogP contribution is -2.49. The highest BCUT2D eigenvalue weighted by atomic mass is 16.5. The topological polar surface area (TPSA) is 77.0 Å². The Kier molecular flexibility index (Phi) is 9.97. The van der Waals surface area contributed by atoms with Crippen LogP contribution in [-0.4, -0.2) is 46.3 Å². The van der Waals surface area contributed by atoms with Gasteiger partial charge in [-0.1, -0.05) is 93.5 Å². The van der Waals surface area contributed by atoms with Crippen LogP contribution in [0.3, 0.4) is 0 Å². The van der Waals surface area contributed by atoms with Gasteiger partial charge in [0.2, 0.25) is 5.70 Å². The van der Waals surface area contributed by atoms with Crippen LogP contribution in [-0.2, 0) is 14.9 Å². The second kappa shape index (κ2) is 13.5. The van der Waals surface area contributed by atoms with Crippen LogP contribution in [0.25, 0.3) is 21.8 Å². The first-order valence-electron chi connectivity index (χ1n) is 18.1. The summed E-state index contributed by atoms with van der Waals surface area (Å²) in [5, 5.41) is 4.89. The van der Waals surface area contributed by atoms with Crippen LogP contribution in [0.4, 0.5) is 11.4 Å². The molecular weight excluding hydrogens is 621 g/mol. The van der Waals surface area contributed by atoms with E-state index in [4.69, 9.17) is 26.4 Å². The van der Waals surface area contributed by atoms with E-state index in [1.165, 1.54) is 5.56 Å². The minimum atomic E-state index is -0.538. The number of aromatic nitrogens is 3. The first-order valence-corrected chi connectivity index (χ1v) is 18.1. The Labute approximate surface area is 299 Å². The van der Waals surface area contributed by atoms with Crippen molar-refractivity contribution < 1.29 is 9.53 Å². The lowest BCUT2D eigenvalue weighted by atomic mass is 9.59. The molecule has 266 valence electrons. The fraction of sp³-hybridized carbons (Fsp3) is 0.548. The molecule has 0 radical (unpaired) electrons. The van der Waals surface area contributed by atoms with E-state index in [0.29, 0.717) is 23.3 Å². The van der Waals surface area contributed by atoms with Gasteiger partial charge in [-0.05, 0) is 78.2 Å². The molecule has 2 unspecified atom stereocenters. The van der Waals surface area contributed by atoms with Gasteiger partial charge in [-0.25, -0.2) is 24.3 Å². The van der Waals surface area contributed by atoms with Crippen LogP contribution in [0.15, 0.2) is 53.2 Å². The summed E-state index contributed by atoms with van der Waals surface area (Å²) in [4.78, 5) is 30.6. The van der Waals surface area contributed by atoms with Crippen molar-refractivity contribution in [3.05, 3.63) is 76.5 Å². The van der Waals surface area contributed by atoms with Gasteiger partial charge in [-0.2, -0.15) is 0 Å². The summed E-state index contributed by atoms with van der Waals surface area (Å²) in [6.45, 7) is 35.6. The molecule has 2 heterocycles. The molecular formula is C42H56N6O2. The van der Waals surface area contributed by atoms with E-state index >= 15 is 0 Å². The summed E-state index contributed by atoms with van der Waals surface area (Å²) < 4.78 is 8.22. The quantitative estimate of drug-likeness (QED) is 0.192. The molecule has 8 heteroatoms. The molecule has 50 heavy (non-hydrogen) atoms. The Morgan fingerprint density at radius 1 is 1.00 bits per heavy atom. The van der Waals surface area contributed by atoms with Gasteiger partial charge in [0, 0.05) is 36.7 Å². The van der Waals surface area contributed by atoms with E-state index in [0.717, 1.165) is 36.2 Å². The minimum absolute atomic E-state index is 0.00196. The smallest absolute Gasteiger partial charge is 0.331 e. The standard InChI is InChI=1S/C42H56N6O2/c1-15-47(14)29-20-21-32(26(3)24-29)44-38-34(43-13)33(37-45-36(46-48(37)38)27-16-18-28(19-17-27)40(4,5)6)39(49)50-35-30(41(7,8)9)22-25(2)23-31(35)42(10,11)12/h16-21,24-25,30-31,35H,15,22-23H2,1-12,14H3. The molecule has 5 rings (SSSR count). The first kappa shape index (κ1) is 37.0. The zero-order valence-electron chi connectivity index (χ0n) is 32.5. The van der Waals surface area contributed by atoms with E-state index in [2.05, 4.69) is 104 Å². The van der Waals surface area contributed by atoms with Crippen molar-refractivity contribution >= 4 is 28.8 Å². The molecule has 0 amide bonds. The molecule has 0 N–H and O–H groups in total. The highest BCUT2D eigenvalue weighted by molar-refractivity contribution is 6.29. The molecule has 8 nitrogen and oxygen atoms in total. The molecule has 1 saturated carbocycles. The molecule has 2 aliphatic rings. The van der Waals surface area contributed by atoms with E-state index in [-0.39, 0.29) is 51.3 Å². The molecule has 1 aliphatic heterocycles. The zero-order chi connectivity index (χ0) is 36.9. The van der Waals surface area contributed by atoms with Crippen molar-refractivity contribution in [1.29, 1.82) is 0 Å². The Hall–Kier alpha value is -4.25. The van der Waals surface area contributed by atoms with Gasteiger partial charge < -0.3 is 9.64 Å². The highest BCUT2D eigenvalue weighted by Crippen LogP contribution is 2.50. The number of hydrogen-bond acceptors (Lipinski definition) is 6. The number of hydrogen-bond donors (Lipinski definition) is 0. The fourth-order valence-electron chi connectivity index (χ4n) is 7.43. The number of fused-ring (bicyclic) bond motifs is 1. The van der Waals surface area contributed by atoms with E-state index in [1.807, 2.05) is 38.2 Å². The number of allylic oxidation sites excluding steroid dienone is 1. The Morgan fingerprint density at radius 2 is 1.60 bits per heavy atom. The summed E-state index contributed by atoms with van der Waals surface area (Å²) in [7, 11) is 2.05. The predicted molar refractivity (Wildman–Crippen MR) is 204 cm³/mol. The van der Waals surface area contributed by atoms with Crippen molar-refractivity contribution in [1.82, 2.24) is 14.8 Å². The van der Waals surface area contributed by atoms with E-state index in [9.17, 15) is 4.79 Å². The third-order valence-electron chi connectivity index (χ3n) is 10.7. The Bertz CT molecular complexity index is 1830. The number of carbonyl (C=O) groups excluding carboxylic acids is 1. The SMILES string of the molecule is [C-]#[N+]C1=C(C(=O)OC2C(C(C)(C)C)CC(C)CC2C(C)(C)C)c2nc(-c3ccc(C(C)(C)C)cc3)nn2C1=Nc1ccc(N(C)CC)cc1C. The number of benzene rings is 2. The van der Waals surface area contributed by atoms with Gasteiger partial charge in [0.25, 0.3) is 0 Å². The second-order valence-corrected chi connectivity index (χ2v) is 17.6. The number of anilines is 1. The Morgan fingerprint density at radius 3 is 2.10 bits per heavy atom. The maximum atomic E-state index is 14.6. The first-order chi connectivity index (χ1) is 23.2. The van der Waals surface area contributed by atoms with Gasteiger partial charge in [0.05, 0.1) is 12.3 Å². The molecule has 0 spiro atoms. The molecule has 0 bridgehead atoms. The van der Waals surface area contributed by atoms with Gasteiger partial charge in [-0.15, -0.1) is 5.10 Å². The summed E-state index contributed by atoms with van der Waals surface area (Å²) in [6.07, 6.45) is 1.64. The molecule has 1 fully saturated rings. The van der Waals surface area contributed by atoms with Gasteiger partial charge in [0.15, 0.2) is 17.5 Å². The normalized spacial score (nSPS) is 22.0. The molecule has 0 saturated heterocycles. The van der Waals surface area contributed by atoms with Crippen LogP contribution in [0, 0.1) is 42.1 Å². The van der Waals surface area contributed by atoms with Crippen molar-refractivity contribution in [2.75, 3.05) is 18.5 Å². The number of nitrogens with zero attached hydrogens (tertiary/aromatic N) is 6. The molecule has 3 aromatic rings. The van der Waals surface area contributed by atoms with E-state index < -0.39 is 5.97 Å². The minimum Gasteiger partial charge on any atom is -0.459 e. The van der Waals surface area contributed by atoms with Crippen molar-refractivity contribution in [2.45, 2.75) is 107 Å². The highest BCUT2D eigenvalue weighted by Gasteiger charge is 2.49. The summed E-state index contributed by atoms with van der Waals surface area (Å²) >= 11 is 0. The average Bonchev–Trinajstić information content (AvgIpc) is 3.58. The Balaban J connectivity index is 1.65. The molecule has 2 aromatic carbocycles. The third kappa shape index (κ3) is 7.29.